The van der Waals surface area contributed by atoms with Gasteiger partial charge < -0.3 is 16.0 Å². The van der Waals surface area contributed by atoms with E-state index in [0.717, 1.165) is 16.9 Å². The van der Waals surface area contributed by atoms with Crippen LogP contribution in [0.4, 0.5) is 5.00 Å². The molecule has 33 heavy (non-hydrogen) atoms. The Hall–Kier alpha value is -2.87. The molecule has 1 aromatic carbocycles. The summed E-state index contributed by atoms with van der Waals surface area (Å²) in [5, 5.41) is 20.7. The molecule has 4 N–H and O–H groups in total. The highest BCUT2D eigenvalue weighted by Gasteiger charge is 2.41. The van der Waals surface area contributed by atoms with Crippen molar-refractivity contribution < 1.29 is 22.9 Å². The largest absolute Gasteiger partial charge is 0.353 e. The Balaban J connectivity index is 1.60. The van der Waals surface area contributed by atoms with Crippen LogP contribution >= 0.6 is 11.3 Å². The summed E-state index contributed by atoms with van der Waals surface area (Å²) in [6.07, 6.45) is 0.651. The summed E-state index contributed by atoms with van der Waals surface area (Å²) in [6, 6.07) is 7.58. The quantitative estimate of drug-likeness (QED) is 0.228. The lowest BCUT2D eigenvalue weighted by molar-refractivity contribution is -0.380. The first-order chi connectivity index (χ1) is 15.6. The molecule has 3 rings (SSSR count). The Bertz CT molecular complexity index is 1120. The Morgan fingerprint density at radius 3 is 2.45 bits per heavy atom. The van der Waals surface area contributed by atoms with Gasteiger partial charge in [0.25, 0.3) is 5.91 Å². The average molecular weight is 496 g/mol. The van der Waals surface area contributed by atoms with E-state index < -0.39 is 32.3 Å². The van der Waals surface area contributed by atoms with Crippen molar-refractivity contribution in [2.24, 2.45) is 0 Å². The summed E-state index contributed by atoms with van der Waals surface area (Å²) in [6.45, 7) is 2.85. The first-order valence-electron chi connectivity index (χ1n) is 10.2. The van der Waals surface area contributed by atoms with Gasteiger partial charge in [0.05, 0.1) is 15.4 Å². The first kappa shape index (κ1) is 24.8. The molecule has 0 saturated carbocycles. The lowest BCUT2D eigenvalue weighted by Gasteiger charge is -2.36. The third-order valence-corrected chi connectivity index (χ3v) is 7.66. The van der Waals surface area contributed by atoms with Gasteiger partial charge >= 0.3 is 5.00 Å². The van der Waals surface area contributed by atoms with Crippen LogP contribution in [0.25, 0.3) is 0 Å². The van der Waals surface area contributed by atoms with Crippen LogP contribution in [-0.4, -0.2) is 56.9 Å². The number of hydrogen-bond acceptors (Lipinski definition) is 8. The number of thiophene rings is 1. The molecule has 11 nitrogen and oxygen atoms in total. The molecule has 0 radical (unpaired) electrons. The van der Waals surface area contributed by atoms with E-state index in [1.807, 2.05) is 6.92 Å². The lowest BCUT2D eigenvalue weighted by Crippen LogP contribution is -2.63. The molecule has 2 heterocycles. The zero-order valence-corrected chi connectivity index (χ0v) is 19.6. The van der Waals surface area contributed by atoms with E-state index in [1.165, 1.54) is 23.6 Å². The maximum absolute atomic E-state index is 13.0. The molecule has 1 aliphatic rings. The number of amides is 2. The molecule has 0 spiro atoms. The van der Waals surface area contributed by atoms with Crippen LogP contribution in [0.1, 0.15) is 28.8 Å². The highest BCUT2D eigenvalue weighted by Crippen LogP contribution is 2.25. The standard InChI is InChI=1S/C20H25N5O6S2/c1-14-2-4-16(5-3-14)33(30,31)23-11-10-22-19(27)20(6-8-21-9-7-20)24-18(26)15-12-17(25(28)29)32-13-15/h2-5,12-13,21,23H,6-11H2,1H3,(H,22,27)(H,24,26). The molecule has 178 valence electrons. The van der Waals surface area contributed by atoms with Gasteiger partial charge in [0, 0.05) is 24.5 Å². The third-order valence-electron chi connectivity index (χ3n) is 5.31. The van der Waals surface area contributed by atoms with Gasteiger partial charge in [0.1, 0.15) is 5.54 Å². The number of hydrogen-bond donors (Lipinski definition) is 4. The van der Waals surface area contributed by atoms with Crippen molar-refractivity contribution in [2.45, 2.75) is 30.2 Å². The highest BCUT2D eigenvalue weighted by molar-refractivity contribution is 7.89. The summed E-state index contributed by atoms with van der Waals surface area (Å²) >= 11 is 0.835. The van der Waals surface area contributed by atoms with Crippen molar-refractivity contribution in [2.75, 3.05) is 26.2 Å². The van der Waals surface area contributed by atoms with Crippen molar-refractivity contribution in [1.29, 1.82) is 0 Å². The fourth-order valence-corrected chi connectivity index (χ4v) is 5.16. The smallest absolute Gasteiger partial charge is 0.324 e. The fraction of sp³-hybridized carbons (Fsp3) is 0.400. The van der Waals surface area contributed by atoms with Gasteiger partial charge in [-0.15, -0.1) is 0 Å². The Kier molecular flexibility index (Phi) is 7.79. The summed E-state index contributed by atoms with van der Waals surface area (Å²) in [5.74, 6) is -1.01. The minimum absolute atomic E-state index is 0.0267. The molecule has 0 bridgehead atoms. The number of nitrogens with one attached hydrogen (secondary N) is 4. The molecule has 0 atom stereocenters. The molecular formula is C20H25N5O6S2. The number of sulfonamides is 1. The zero-order valence-electron chi connectivity index (χ0n) is 17.9. The van der Waals surface area contributed by atoms with E-state index in [1.54, 1.807) is 12.1 Å². The molecule has 1 fully saturated rings. The number of carbonyl (C=O) groups excluding carboxylic acids is 2. The van der Waals surface area contributed by atoms with Crippen molar-refractivity contribution in [3.05, 3.63) is 57.0 Å². The minimum Gasteiger partial charge on any atom is -0.353 e. The van der Waals surface area contributed by atoms with Gasteiger partial charge in [-0.05, 0) is 45.0 Å². The van der Waals surface area contributed by atoms with E-state index in [-0.39, 0.29) is 28.5 Å². The van der Waals surface area contributed by atoms with Gasteiger partial charge in [0.15, 0.2) is 0 Å². The molecule has 2 aromatic rings. The second kappa shape index (κ2) is 10.4. The monoisotopic (exact) mass is 495 g/mol. The second-order valence-electron chi connectivity index (χ2n) is 7.68. The van der Waals surface area contributed by atoms with Gasteiger partial charge in [0.2, 0.25) is 15.9 Å². The van der Waals surface area contributed by atoms with Gasteiger partial charge in [-0.3, -0.25) is 19.7 Å². The number of nitro groups is 1. The van der Waals surface area contributed by atoms with E-state index in [2.05, 4.69) is 20.7 Å². The normalized spacial score (nSPS) is 15.5. The highest BCUT2D eigenvalue weighted by atomic mass is 32.2. The number of aryl methyl sites for hydroxylation is 1. The van der Waals surface area contributed by atoms with Crippen LogP contribution in [-0.2, 0) is 14.8 Å². The van der Waals surface area contributed by atoms with Crippen LogP contribution in [0.2, 0.25) is 0 Å². The summed E-state index contributed by atoms with van der Waals surface area (Å²) in [4.78, 5) is 36.1. The fourth-order valence-electron chi connectivity index (χ4n) is 3.42. The van der Waals surface area contributed by atoms with E-state index in [0.29, 0.717) is 25.9 Å². The summed E-state index contributed by atoms with van der Waals surface area (Å²) in [7, 11) is -3.71. The molecular weight excluding hydrogens is 470 g/mol. The number of benzene rings is 1. The predicted octanol–water partition coefficient (Wildman–Crippen LogP) is 0.911. The maximum Gasteiger partial charge on any atom is 0.324 e. The third kappa shape index (κ3) is 6.13. The van der Waals surface area contributed by atoms with Gasteiger partial charge in [-0.2, -0.15) is 0 Å². The molecule has 2 amide bonds. The van der Waals surface area contributed by atoms with Gasteiger partial charge in [-0.1, -0.05) is 29.0 Å². The van der Waals surface area contributed by atoms with Crippen molar-refractivity contribution in [3.63, 3.8) is 0 Å². The average Bonchev–Trinajstić information content (AvgIpc) is 3.28. The number of rotatable bonds is 9. The number of piperidine rings is 1. The van der Waals surface area contributed by atoms with Crippen molar-refractivity contribution >= 4 is 38.2 Å². The van der Waals surface area contributed by atoms with Crippen LogP contribution in [0.3, 0.4) is 0 Å². The van der Waals surface area contributed by atoms with Gasteiger partial charge in [-0.25, -0.2) is 13.1 Å². The van der Waals surface area contributed by atoms with Crippen LogP contribution in [0.15, 0.2) is 40.6 Å². The Morgan fingerprint density at radius 2 is 1.85 bits per heavy atom. The van der Waals surface area contributed by atoms with Crippen molar-refractivity contribution in [3.8, 4) is 0 Å². The van der Waals surface area contributed by atoms with Crippen molar-refractivity contribution in [1.82, 2.24) is 20.7 Å². The van der Waals surface area contributed by atoms with E-state index >= 15 is 0 Å². The zero-order chi connectivity index (χ0) is 24.1. The number of carbonyl (C=O) groups is 2. The topological polar surface area (TPSA) is 160 Å². The number of nitrogens with zero attached hydrogens (tertiary/aromatic N) is 1. The minimum atomic E-state index is -3.71. The SMILES string of the molecule is Cc1ccc(S(=O)(=O)NCCNC(=O)C2(NC(=O)c3csc([N+](=O)[O-])c3)CCNCC2)cc1. The summed E-state index contributed by atoms with van der Waals surface area (Å²) in [5.41, 5.74) is -0.148. The maximum atomic E-state index is 13.0. The summed E-state index contributed by atoms with van der Waals surface area (Å²) < 4.78 is 27.2. The Morgan fingerprint density at radius 1 is 1.18 bits per heavy atom. The first-order valence-corrected chi connectivity index (χ1v) is 12.6. The van der Waals surface area contributed by atoms with Crippen LogP contribution in [0, 0.1) is 17.0 Å². The molecule has 13 heteroatoms. The predicted molar refractivity (Wildman–Crippen MR) is 123 cm³/mol. The molecule has 1 aromatic heterocycles. The lowest BCUT2D eigenvalue weighted by atomic mass is 9.87. The van der Waals surface area contributed by atoms with Crippen LogP contribution in [0.5, 0.6) is 0 Å². The second-order valence-corrected chi connectivity index (χ2v) is 10.3. The molecule has 0 unspecified atom stereocenters. The molecule has 1 saturated heterocycles. The molecule has 1 aliphatic heterocycles. The van der Waals surface area contributed by atoms with E-state index in [9.17, 15) is 28.1 Å². The van der Waals surface area contributed by atoms with E-state index in [4.69, 9.17) is 0 Å². The van der Waals surface area contributed by atoms with Crippen LogP contribution < -0.4 is 20.7 Å². The Labute approximate surface area is 195 Å². The molecule has 0 aliphatic carbocycles.